The number of hydrogen-bond acceptors (Lipinski definition) is 4. The molecular formula is C15H17N3O2. The molecule has 0 amide bonds. The monoisotopic (exact) mass is 271 g/mol. The molecule has 0 aliphatic carbocycles. The van der Waals surface area contributed by atoms with Crippen molar-refractivity contribution in [1.82, 2.24) is 14.8 Å². The first kappa shape index (κ1) is 12.8. The first-order chi connectivity index (χ1) is 9.67. The summed E-state index contributed by atoms with van der Waals surface area (Å²) in [7, 11) is 1.43. The third kappa shape index (κ3) is 2.31. The van der Waals surface area contributed by atoms with Gasteiger partial charge in [-0.2, -0.15) is 5.10 Å². The SMILES string of the molecule is COC(=O)C1CCc2nc(-c3cccc(C)c3)nn2C1. The maximum Gasteiger partial charge on any atom is 0.310 e. The van der Waals surface area contributed by atoms with E-state index in [2.05, 4.69) is 16.1 Å². The van der Waals surface area contributed by atoms with Crippen LogP contribution < -0.4 is 0 Å². The molecule has 1 atom stereocenters. The van der Waals surface area contributed by atoms with Gasteiger partial charge in [-0.05, 0) is 19.4 Å². The lowest BCUT2D eigenvalue weighted by Gasteiger charge is -2.19. The Bertz CT molecular complexity index is 648. The summed E-state index contributed by atoms with van der Waals surface area (Å²) < 4.78 is 6.65. The van der Waals surface area contributed by atoms with E-state index < -0.39 is 0 Å². The Morgan fingerprint density at radius 2 is 2.30 bits per heavy atom. The van der Waals surface area contributed by atoms with E-state index >= 15 is 0 Å². The molecule has 1 aliphatic heterocycles. The molecule has 0 fully saturated rings. The number of aromatic nitrogens is 3. The molecule has 0 radical (unpaired) electrons. The lowest BCUT2D eigenvalue weighted by atomic mass is 10.0. The molecule has 0 N–H and O–H groups in total. The Kier molecular flexibility index (Phi) is 3.26. The van der Waals surface area contributed by atoms with Crippen LogP contribution in [-0.4, -0.2) is 27.8 Å². The van der Waals surface area contributed by atoms with E-state index in [0.717, 1.165) is 30.1 Å². The second kappa shape index (κ2) is 5.07. The Hall–Kier alpha value is -2.17. The van der Waals surface area contributed by atoms with Gasteiger partial charge in [0.05, 0.1) is 19.6 Å². The number of aryl methyl sites for hydroxylation is 2. The molecule has 0 saturated heterocycles. The van der Waals surface area contributed by atoms with Gasteiger partial charge in [0.25, 0.3) is 0 Å². The number of methoxy groups -OCH3 is 1. The van der Waals surface area contributed by atoms with Crippen LogP contribution >= 0.6 is 0 Å². The largest absolute Gasteiger partial charge is 0.469 e. The highest BCUT2D eigenvalue weighted by atomic mass is 16.5. The number of nitrogens with zero attached hydrogens (tertiary/aromatic N) is 3. The number of benzene rings is 1. The third-order valence-corrected chi connectivity index (χ3v) is 3.67. The Labute approximate surface area is 117 Å². The van der Waals surface area contributed by atoms with E-state index in [-0.39, 0.29) is 11.9 Å². The quantitative estimate of drug-likeness (QED) is 0.784. The number of fused-ring (bicyclic) bond motifs is 1. The van der Waals surface area contributed by atoms with Gasteiger partial charge in [-0.15, -0.1) is 0 Å². The molecule has 0 bridgehead atoms. The van der Waals surface area contributed by atoms with Gasteiger partial charge < -0.3 is 4.74 Å². The average molecular weight is 271 g/mol. The minimum atomic E-state index is -0.164. The molecule has 104 valence electrons. The molecule has 1 unspecified atom stereocenters. The van der Waals surface area contributed by atoms with Crippen LogP contribution in [0, 0.1) is 12.8 Å². The van der Waals surface area contributed by atoms with E-state index in [1.54, 1.807) is 0 Å². The molecule has 5 heteroatoms. The van der Waals surface area contributed by atoms with Crippen molar-refractivity contribution in [2.24, 2.45) is 5.92 Å². The molecule has 0 spiro atoms. The molecular weight excluding hydrogens is 254 g/mol. The lowest BCUT2D eigenvalue weighted by molar-refractivity contribution is -0.146. The Morgan fingerprint density at radius 1 is 1.45 bits per heavy atom. The zero-order valence-electron chi connectivity index (χ0n) is 11.7. The molecule has 20 heavy (non-hydrogen) atoms. The summed E-state index contributed by atoms with van der Waals surface area (Å²) in [4.78, 5) is 16.2. The topological polar surface area (TPSA) is 57.0 Å². The molecule has 1 aromatic heterocycles. The normalized spacial score (nSPS) is 17.6. The number of carbonyl (C=O) groups excluding carboxylic acids is 1. The van der Waals surface area contributed by atoms with Crippen molar-refractivity contribution in [3.8, 4) is 11.4 Å². The second-order valence-corrected chi connectivity index (χ2v) is 5.16. The van der Waals surface area contributed by atoms with E-state index in [1.165, 1.54) is 12.7 Å². The molecule has 3 rings (SSSR count). The average Bonchev–Trinajstić information content (AvgIpc) is 2.89. The number of carbonyl (C=O) groups is 1. The van der Waals surface area contributed by atoms with Crippen LogP contribution in [0.1, 0.15) is 17.8 Å². The highest BCUT2D eigenvalue weighted by Crippen LogP contribution is 2.23. The van der Waals surface area contributed by atoms with Gasteiger partial charge in [0, 0.05) is 12.0 Å². The first-order valence-electron chi connectivity index (χ1n) is 6.76. The summed E-state index contributed by atoms with van der Waals surface area (Å²) in [6, 6.07) is 8.12. The van der Waals surface area contributed by atoms with Gasteiger partial charge >= 0.3 is 5.97 Å². The van der Waals surface area contributed by atoms with Crippen molar-refractivity contribution in [1.29, 1.82) is 0 Å². The second-order valence-electron chi connectivity index (χ2n) is 5.16. The summed E-state index contributed by atoms with van der Waals surface area (Å²) in [5.41, 5.74) is 2.20. The minimum Gasteiger partial charge on any atom is -0.469 e. The van der Waals surface area contributed by atoms with E-state index in [4.69, 9.17) is 4.74 Å². The summed E-state index contributed by atoms with van der Waals surface area (Å²) in [6.07, 6.45) is 1.54. The molecule has 5 nitrogen and oxygen atoms in total. The van der Waals surface area contributed by atoms with Crippen molar-refractivity contribution < 1.29 is 9.53 Å². The van der Waals surface area contributed by atoms with Gasteiger partial charge in [0.2, 0.25) is 0 Å². The Balaban J connectivity index is 1.89. The van der Waals surface area contributed by atoms with Crippen LogP contribution in [0.25, 0.3) is 11.4 Å². The molecule has 2 heterocycles. The van der Waals surface area contributed by atoms with Gasteiger partial charge in [-0.1, -0.05) is 23.8 Å². The van der Waals surface area contributed by atoms with Crippen LogP contribution in [0.4, 0.5) is 0 Å². The molecule has 0 saturated carbocycles. The fraction of sp³-hybridized carbons (Fsp3) is 0.400. The Morgan fingerprint density at radius 3 is 3.05 bits per heavy atom. The van der Waals surface area contributed by atoms with E-state index in [1.807, 2.05) is 29.8 Å². The predicted octanol–water partition coefficient (Wildman–Crippen LogP) is 1.99. The fourth-order valence-corrected chi connectivity index (χ4v) is 2.57. The summed E-state index contributed by atoms with van der Waals surface area (Å²) in [5.74, 6) is 1.40. The zero-order chi connectivity index (χ0) is 14.1. The molecule has 1 aromatic carbocycles. The van der Waals surface area contributed by atoms with Crippen LogP contribution in [-0.2, 0) is 22.5 Å². The highest BCUT2D eigenvalue weighted by Gasteiger charge is 2.27. The smallest absolute Gasteiger partial charge is 0.310 e. The fourth-order valence-electron chi connectivity index (χ4n) is 2.57. The standard InChI is InChI=1S/C15H17N3O2/c1-10-4-3-5-11(8-10)14-16-13-7-6-12(15(19)20-2)9-18(13)17-14/h3-5,8,12H,6-7,9H2,1-2H3. The third-order valence-electron chi connectivity index (χ3n) is 3.67. The number of rotatable bonds is 2. The predicted molar refractivity (Wildman–Crippen MR) is 74.0 cm³/mol. The van der Waals surface area contributed by atoms with Crippen molar-refractivity contribution in [2.45, 2.75) is 26.3 Å². The van der Waals surface area contributed by atoms with Crippen LogP contribution in [0.5, 0.6) is 0 Å². The van der Waals surface area contributed by atoms with Gasteiger partial charge in [-0.3, -0.25) is 4.79 Å². The van der Waals surface area contributed by atoms with Gasteiger partial charge in [-0.25, -0.2) is 9.67 Å². The van der Waals surface area contributed by atoms with Crippen LogP contribution in [0.3, 0.4) is 0 Å². The minimum absolute atomic E-state index is 0.112. The van der Waals surface area contributed by atoms with Crippen molar-refractivity contribution in [3.63, 3.8) is 0 Å². The molecule has 2 aromatic rings. The number of hydrogen-bond donors (Lipinski definition) is 0. The first-order valence-corrected chi connectivity index (χ1v) is 6.76. The van der Waals surface area contributed by atoms with E-state index in [0.29, 0.717) is 6.54 Å². The maximum absolute atomic E-state index is 11.6. The van der Waals surface area contributed by atoms with Crippen LogP contribution in [0.15, 0.2) is 24.3 Å². The maximum atomic E-state index is 11.6. The van der Waals surface area contributed by atoms with Crippen molar-refractivity contribution >= 4 is 5.97 Å². The lowest BCUT2D eigenvalue weighted by Crippen LogP contribution is -2.28. The van der Waals surface area contributed by atoms with Gasteiger partial charge in [0.15, 0.2) is 5.82 Å². The zero-order valence-corrected chi connectivity index (χ0v) is 11.7. The summed E-state index contributed by atoms with van der Waals surface area (Å²) in [5, 5.41) is 4.53. The van der Waals surface area contributed by atoms with Crippen molar-refractivity contribution in [3.05, 3.63) is 35.7 Å². The highest BCUT2D eigenvalue weighted by molar-refractivity contribution is 5.72. The van der Waals surface area contributed by atoms with Gasteiger partial charge in [0.1, 0.15) is 5.82 Å². The summed E-state index contributed by atoms with van der Waals surface area (Å²) in [6.45, 7) is 2.60. The van der Waals surface area contributed by atoms with Crippen molar-refractivity contribution in [2.75, 3.05) is 7.11 Å². The number of ether oxygens (including phenoxy) is 1. The molecule has 1 aliphatic rings. The summed E-state index contributed by atoms with van der Waals surface area (Å²) >= 11 is 0. The number of esters is 1. The van der Waals surface area contributed by atoms with Crippen LogP contribution in [0.2, 0.25) is 0 Å². The van der Waals surface area contributed by atoms with E-state index in [9.17, 15) is 4.79 Å².